The van der Waals surface area contributed by atoms with Crippen LogP contribution in [0.2, 0.25) is 0 Å². The largest absolute Gasteiger partial charge is 0.345 e. The summed E-state index contributed by atoms with van der Waals surface area (Å²) >= 11 is 0. The van der Waals surface area contributed by atoms with E-state index in [1.54, 1.807) is 20.8 Å². The molecule has 1 aliphatic rings. The molecule has 162 valence electrons. The molecule has 4 amide bonds. The molecular formula is C21H33N3O5. The molecule has 2 unspecified atom stereocenters. The van der Waals surface area contributed by atoms with Gasteiger partial charge in [-0.15, -0.1) is 0 Å². The van der Waals surface area contributed by atoms with Crippen LogP contribution in [0.5, 0.6) is 0 Å². The average molecular weight is 408 g/mol. The van der Waals surface area contributed by atoms with E-state index in [0.29, 0.717) is 25.8 Å². The fourth-order valence-corrected chi connectivity index (χ4v) is 3.04. The highest BCUT2D eigenvalue weighted by Crippen LogP contribution is 2.09. The number of amides is 4. The van der Waals surface area contributed by atoms with E-state index in [2.05, 4.69) is 10.6 Å². The first kappa shape index (κ1) is 24.5. The maximum absolute atomic E-state index is 12.5. The molecule has 1 heterocycles. The van der Waals surface area contributed by atoms with Crippen molar-refractivity contribution in [2.45, 2.75) is 72.4 Å². The molecule has 1 rings (SSSR count). The Morgan fingerprint density at radius 3 is 2.00 bits per heavy atom. The van der Waals surface area contributed by atoms with Crippen LogP contribution >= 0.6 is 0 Å². The minimum absolute atomic E-state index is 0.0580. The van der Waals surface area contributed by atoms with Crippen molar-refractivity contribution in [3.8, 4) is 0 Å². The van der Waals surface area contributed by atoms with Crippen molar-refractivity contribution in [1.82, 2.24) is 15.5 Å². The number of hydrogen-bond acceptors (Lipinski definition) is 5. The van der Waals surface area contributed by atoms with Gasteiger partial charge < -0.3 is 10.6 Å². The fourth-order valence-electron chi connectivity index (χ4n) is 3.04. The molecule has 0 aromatic carbocycles. The summed E-state index contributed by atoms with van der Waals surface area (Å²) in [6.45, 7) is 9.20. The third kappa shape index (κ3) is 7.79. The van der Waals surface area contributed by atoms with Gasteiger partial charge in [-0.3, -0.25) is 28.9 Å². The second kappa shape index (κ2) is 11.5. The molecule has 0 aromatic heterocycles. The number of imide groups is 1. The average Bonchev–Trinajstić information content (AvgIpc) is 2.96. The van der Waals surface area contributed by atoms with Gasteiger partial charge in [0.25, 0.3) is 11.8 Å². The minimum atomic E-state index is -0.712. The molecule has 0 fully saturated rings. The van der Waals surface area contributed by atoms with Gasteiger partial charge in [0, 0.05) is 31.0 Å². The predicted molar refractivity (Wildman–Crippen MR) is 109 cm³/mol. The van der Waals surface area contributed by atoms with Crippen LogP contribution in [0.4, 0.5) is 0 Å². The zero-order valence-electron chi connectivity index (χ0n) is 18.0. The standard InChI is InChI=1S/C21H33N3O5/c1-13(2)19(21(29)22-15(5)20(28)14(3)4)23-16(25)9-7-6-8-12-24-17(26)10-11-18(24)27/h10-11,13-15,19H,6-9,12H2,1-5H3,(H,22,29)(H,23,25). The van der Waals surface area contributed by atoms with E-state index in [4.69, 9.17) is 0 Å². The predicted octanol–water partition coefficient (Wildman–Crippen LogP) is 1.34. The third-order valence-corrected chi connectivity index (χ3v) is 4.81. The monoisotopic (exact) mass is 407 g/mol. The van der Waals surface area contributed by atoms with Crippen LogP contribution in [0.1, 0.15) is 60.3 Å². The Balaban J connectivity index is 2.38. The molecule has 0 saturated heterocycles. The Morgan fingerprint density at radius 1 is 0.897 bits per heavy atom. The lowest BCUT2D eigenvalue weighted by atomic mass is 10.00. The quantitative estimate of drug-likeness (QED) is 0.374. The third-order valence-electron chi connectivity index (χ3n) is 4.81. The summed E-state index contributed by atoms with van der Waals surface area (Å²) in [4.78, 5) is 60.8. The van der Waals surface area contributed by atoms with E-state index in [1.165, 1.54) is 17.1 Å². The number of nitrogens with one attached hydrogen (secondary N) is 2. The van der Waals surface area contributed by atoms with Crippen molar-refractivity contribution >= 4 is 29.4 Å². The lowest BCUT2D eigenvalue weighted by molar-refractivity contribution is -0.137. The molecule has 2 atom stereocenters. The van der Waals surface area contributed by atoms with Crippen molar-refractivity contribution in [1.29, 1.82) is 0 Å². The maximum Gasteiger partial charge on any atom is 0.253 e. The van der Waals surface area contributed by atoms with Crippen LogP contribution in [0, 0.1) is 11.8 Å². The summed E-state index contributed by atoms with van der Waals surface area (Å²) in [5.74, 6) is -1.57. The topological polar surface area (TPSA) is 113 Å². The first-order valence-corrected chi connectivity index (χ1v) is 10.2. The molecule has 0 aliphatic carbocycles. The van der Waals surface area contributed by atoms with E-state index in [0.717, 1.165) is 0 Å². The second-order valence-electron chi connectivity index (χ2n) is 8.05. The number of nitrogens with zero attached hydrogens (tertiary/aromatic N) is 1. The summed E-state index contributed by atoms with van der Waals surface area (Å²) in [5, 5.41) is 5.43. The minimum Gasteiger partial charge on any atom is -0.345 e. The van der Waals surface area contributed by atoms with Gasteiger partial charge in [0.05, 0.1) is 6.04 Å². The summed E-state index contributed by atoms with van der Waals surface area (Å²) in [6, 6.07) is -1.32. The van der Waals surface area contributed by atoms with Crippen molar-refractivity contribution in [3.05, 3.63) is 12.2 Å². The van der Waals surface area contributed by atoms with E-state index < -0.39 is 12.1 Å². The Bertz CT molecular complexity index is 651. The Labute approximate surface area is 172 Å². The lowest BCUT2D eigenvalue weighted by Gasteiger charge is -2.24. The smallest absolute Gasteiger partial charge is 0.253 e. The van der Waals surface area contributed by atoms with Gasteiger partial charge in [-0.1, -0.05) is 34.1 Å². The SMILES string of the molecule is CC(C)C(=O)C(C)NC(=O)C(NC(=O)CCCCCN1C(=O)C=CC1=O)C(C)C. The van der Waals surface area contributed by atoms with E-state index in [-0.39, 0.29) is 47.7 Å². The number of hydrogen-bond donors (Lipinski definition) is 2. The zero-order valence-corrected chi connectivity index (χ0v) is 18.0. The first-order valence-electron chi connectivity index (χ1n) is 10.2. The Hall–Kier alpha value is -2.51. The van der Waals surface area contributed by atoms with Crippen LogP contribution < -0.4 is 10.6 Å². The highest BCUT2D eigenvalue weighted by Gasteiger charge is 2.27. The molecule has 0 radical (unpaired) electrons. The number of rotatable bonds is 12. The van der Waals surface area contributed by atoms with E-state index in [1.807, 2.05) is 13.8 Å². The highest BCUT2D eigenvalue weighted by molar-refractivity contribution is 6.12. The van der Waals surface area contributed by atoms with Crippen molar-refractivity contribution in [3.63, 3.8) is 0 Å². The van der Waals surface area contributed by atoms with Crippen LogP contribution in [-0.2, 0) is 24.0 Å². The number of ketones is 1. The number of carbonyl (C=O) groups excluding carboxylic acids is 5. The Morgan fingerprint density at radius 2 is 1.48 bits per heavy atom. The summed E-state index contributed by atoms with van der Waals surface area (Å²) < 4.78 is 0. The maximum atomic E-state index is 12.5. The van der Waals surface area contributed by atoms with Crippen LogP contribution in [0.15, 0.2) is 12.2 Å². The number of unbranched alkanes of at least 4 members (excludes halogenated alkanes) is 2. The van der Waals surface area contributed by atoms with Gasteiger partial charge in [0.2, 0.25) is 11.8 Å². The van der Waals surface area contributed by atoms with Crippen LogP contribution in [-0.4, -0.2) is 52.9 Å². The molecule has 8 heteroatoms. The van der Waals surface area contributed by atoms with E-state index in [9.17, 15) is 24.0 Å². The summed E-state index contributed by atoms with van der Waals surface area (Å²) in [5.41, 5.74) is 0. The summed E-state index contributed by atoms with van der Waals surface area (Å²) in [7, 11) is 0. The first-order chi connectivity index (χ1) is 13.5. The van der Waals surface area contributed by atoms with Crippen LogP contribution in [0.3, 0.4) is 0 Å². The molecule has 0 spiro atoms. The molecule has 29 heavy (non-hydrogen) atoms. The van der Waals surface area contributed by atoms with E-state index >= 15 is 0 Å². The van der Waals surface area contributed by atoms with Gasteiger partial charge in [0.15, 0.2) is 5.78 Å². The van der Waals surface area contributed by atoms with Gasteiger partial charge in [-0.2, -0.15) is 0 Å². The molecule has 1 aliphatic heterocycles. The van der Waals surface area contributed by atoms with Gasteiger partial charge >= 0.3 is 0 Å². The molecular weight excluding hydrogens is 374 g/mol. The molecule has 0 saturated carbocycles. The molecule has 8 nitrogen and oxygen atoms in total. The number of Topliss-reactive ketones (excluding diaryl/α,β-unsaturated/α-hetero) is 1. The highest BCUT2D eigenvalue weighted by atomic mass is 16.2. The second-order valence-corrected chi connectivity index (χ2v) is 8.05. The zero-order chi connectivity index (χ0) is 22.1. The molecule has 0 aromatic rings. The summed E-state index contributed by atoms with van der Waals surface area (Å²) in [6.07, 6.45) is 4.64. The fraction of sp³-hybridized carbons (Fsp3) is 0.667. The van der Waals surface area contributed by atoms with Crippen molar-refractivity contribution < 1.29 is 24.0 Å². The number of carbonyl (C=O) groups is 5. The lowest BCUT2D eigenvalue weighted by Crippen LogP contribution is -2.53. The van der Waals surface area contributed by atoms with Crippen molar-refractivity contribution in [2.75, 3.05) is 6.54 Å². The normalized spacial score (nSPS) is 15.8. The van der Waals surface area contributed by atoms with Crippen molar-refractivity contribution in [2.24, 2.45) is 11.8 Å². The van der Waals surface area contributed by atoms with Gasteiger partial charge in [0.1, 0.15) is 6.04 Å². The van der Waals surface area contributed by atoms with Gasteiger partial charge in [-0.25, -0.2) is 0 Å². The Kier molecular flexibility index (Phi) is 9.71. The van der Waals surface area contributed by atoms with Crippen LogP contribution in [0.25, 0.3) is 0 Å². The molecule has 2 N–H and O–H groups in total. The van der Waals surface area contributed by atoms with Gasteiger partial charge in [-0.05, 0) is 25.7 Å². The molecule has 0 bridgehead atoms.